The van der Waals surface area contributed by atoms with Crippen molar-refractivity contribution in [3.63, 3.8) is 0 Å². The molecule has 0 spiro atoms. The molecule has 15 heavy (non-hydrogen) atoms. The van der Waals surface area contributed by atoms with Gasteiger partial charge in [-0.05, 0) is 55.4 Å². The molecular formula is C13H16ClF. The average molecular weight is 227 g/mol. The van der Waals surface area contributed by atoms with Crippen LogP contribution >= 0.6 is 11.6 Å². The van der Waals surface area contributed by atoms with Crippen molar-refractivity contribution >= 4 is 11.6 Å². The minimum absolute atomic E-state index is 0.144. The molecule has 0 nitrogen and oxygen atoms in total. The van der Waals surface area contributed by atoms with Crippen LogP contribution in [0.25, 0.3) is 0 Å². The Bertz CT molecular complexity index is 348. The van der Waals surface area contributed by atoms with Gasteiger partial charge in [-0.15, -0.1) is 11.6 Å². The van der Waals surface area contributed by atoms with Crippen molar-refractivity contribution < 1.29 is 4.39 Å². The van der Waals surface area contributed by atoms with Crippen molar-refractivity contribution in [3.05, 3.63) is 35.1 Å². The van der Waals surface area contributed by atoms with E-state index in [1.54, 1.807) is 12.1 Å². The first kappa shape index (κ1) is 10.9. The lowest BCUT2D eigenvalue weighted by Gasteiger charge is -2.26. The van der Waals surface area contributed by atoms with Crippen LogP contribution in [0.1, 0.15) is 42.7 Å². The number of alkyl halides is 1. The second-order valence-corrected chi connectivity index (χ2v) is 5.08. The van der Waals surface area contributed by atoms with Gasteiger partial charge in [0, 0.05) is 5.38 Å². The topological polar surface area (TPSA) is 0 Å². The third kappa shape index (κ3) is 2.52. The van der Waals surface area contributed by atoms with Crippen LogP contribution in [0.2, 0.25) is 0 Å². The fraction of sp³-hybridized carbons (Fsp3) is 0.538. The smallest absolute Gasteiger partial charge is 0.123 e. The molecule has 0 radical (unpaired) electrons. The maximum absolute atomic E-state index is 13.0. The van der Waals surface area contributed by atoms with E-state index in [9.17, 15) is 4.39 Å². The van der Waals surface area contributed by atoms with Gasteiger partial charge in [-0.25, -0.2) is 4.39 Å². The van der Waals surface area contributed by atoms with Crippen molar-refractivity contribution in [2.75, 3.05) is 0 Å². The molecule has 0 aliphatic heterocycles. The molecule has 0 heterocycles. The van der Waals surface area contributed by atoms with E-state index < -0.39 is 0 Å². The van der Waals surface area contributed by atoms with E-state index >= 15 is 0 Å². The van der Waals surface area contributed by atoms with Crippen molar-refractivity contribution in [3.8, 4) is 0 Å². The molecule has 1 fully saturated rings. The third-order valence-electron chi connectivity index (χ3n) is 3.28. The summed E-state index contributed by atoms with van der Waals surface area (Å²) in [5, 5.41) is 0.299. The normalized spacial score (nSPS) is 26.6. The van der Waals surface area contributed by atoms with Gasteiger partial charge >= 0.3 is 0 Å². The zero-order valence-corrected chi connectivity index (χ0v) is 9.73. The van der Waals surface area contributed by atoms with E-state index in [4.69, 9.17) is 11.6 Å². The molecule has 2 unspecified atom stereocenters. The number of hydrogen-bond acceptors (Lipinski definition) is 0. The minimum atomic E-state index is -0.144. The second-order valence-electron chi connectivity index (χ2n) is 4.46. The predicted molar refractivity (Wildman–Crippen MR) is 62.0 cm³/mol. The maximum atomic E-state index is 13.0. The number of rotatable bonds is 1. The van der Waals surface area contributed by atoms with Gasteiger partial charge in [0.2, 0.25) is 0 Å². The number of halogens is 2. The molecule has 1 aromatic carbocycles. The molecule has 82 valence electrons. The zero-order chi connectivity index (χ0) is 10.8. The summed E-state index contributed by atoms with van der Waals surface area (Å²) < 4.78 is 13.0. The van der Waals surface area contributed by atoms with Gasteiger partial charge < -0.3 is 0 Å². The van der Waals surface area contributed by atoms with Gasteiger partial charge in [-0.3, -0.25) is 0 Å². The third-order valence-corrected chi connectivity index (χ3v) is 3.68. The lowest BCUT2D eigenvalue weighted by Crippen LogP contribution is -2.14. The maximum Gasteiger partial charge on any atom is 0.123 e. The molecule has 1 saturated carbocycles. The fourth-order valence-electron chi connectivity index (χ4n) is 2.51. The molecule has 0 saturated heterocycles. The highest BCUT2D eigenvalue weighted by Gasteiger charge is 2.22. The molecule has 0 N–H and O–H groups in total. The molecular weight excluding hydrogens is 211 g/mol. The summed E-state index contributed by atoms with van der Waals surface area (Å²) in [6.07, 6.45) is 4.54. The van der Waals surface area contributed by atoms with Crippen molar-refractivity contribution in [2.24, 2.45) is 0 Å². The Kier molecular flexibility index (Phi) is 3.30. The van der Waals surface area contributed by atoms with Crippen LogP contribution in [0.4, 0.5) is 4.39 Å². The summed E-state index contributed by atoms with van der Waals surface area (Å²) >= 11 is 6.17. The second kappa shape index (κ2) is 4.52. The Labute approximate surface area is 95.4 Å². The van der Waals surface area contributed by atoms with Crippen LogP contribution in [-0.2, 0) is 0 Å². The van der Waals surface area contributed by atoms with E-state index in [0.29, 0.717) is 11.3 Å². The highest BCUT2D eigenvalue weighted by Crippen LogP contribution is 2.36. The van der Waals surface area contributed by atoms with Gasteiger partial charge in [-0.2, -0.15) is 0 Å². The Hall–Kier alpha value is -0.560. The lowest BCUT2D eigenvalue weighted by atomic mass is 9.82. The standard InChI is InChI=1S/C13H16ClF/c1-9-7-12(15)5-6-13(9)10-3-2-4-11(14)8-10/h5-7,10-11H,2-4,8H2,1H3. The number of benzene rings is 1. The molecule has 0 aromatic heterocycles. The van der Waals surface area contributed by atoms with Crippen LogP contribution < -0.4 is 0 Å². The van der Waals surface area contributed by atoms with Gasteiger partial charge in [0.05, 0.1) is 0 Å². The summed E-state index contributed by atoms with van der Waals surface area (Å²) in [7, 11) is 0. The first-order chi connectivity index (χ1) is 7.16. The highest BCUT2D eigenvalue weighted by atomic mass is 35.5. The van der Waals surface area contributed by atoms with Crippen LogP contribution in [0, 0.1) is 12.7 Å². The summed E-state index contributed by atoms with van der Waals surface area (Å²) in [4.78, 5) is 0. The van der Waals surface area contributed by atoms with Gasteiger partial charge in [0.15, 0.2) is 0 Å². The SMILES string of the molecule is Cc1cc(F)ccc1C1CCCC(Cl)C1. The Morgan fingerprint density at radius 1 is 1.33 bits per heavy atom. The summed E-state index contributed by atoms with van der Waals surface area (Å²) in [5.74, 6) is 0.385. The lowest BCUT2D eigenvalue weighted by molar-refractivity contribution is 0.447. The predicted octanol–water partition coefficient (Wildman–Crippen LogP) is 4.40. The highest BCUT2D eigenvalue weighted by molar-refractivity contribution is 6.20. The summed E-state index contributed by atoms with van der Waals surface area (Å²) in [5.41, 5.74) is 2.34. The summed E-state index contributed by atoms with van der Waals surface area (Å²) in [6, 6.07) is 5.09. The largest absolute Gasteiger partial charge is 0.207 e. The Balaban J connectivity index is 2.21. The molecule has 2 rings (SSSR count). The van der Waals surface area contributed by atoms with E-state index in [1.165, 1.54) is 18.4 Å². The van der Waals surface area contributed by atoms with E-state index in [-0.39, 0.29) is 5.82 Å². The van der Waals surface area contributed by atoms with Crippen LogP contribution in [0.15, 0.2) is 18.2 Å². The molecule has 2 heteroatoms. The molecule has 1 aliphatic carbocycles. The molecule has 1 aromatic rings. The van der Waals surface area contributed by atoms with Crippen molar-refractivity contribution in [1.82, 2.24) is 0 Å². The number of aryl methyl sites for hydroxylation is 1. The monoisotopic (exact) mass is 226 g/mol. The minimum Gasteiger partial charge on any atom is -0.207 e. The summed E-state index contributed by atoms with van der Waals surface area (Å²) in [6.45, 7) is 1.98. The first-order valence-electron chi connectivity index (χ1n) is 5.57. The fourth-order valence-corrected chi connectivity index (χ4v) is 2.88. The van der Waals surface area contributed by atoms with Crippen LogP contribution in [0.3, 0.4) is 0 Å². The average Bonchev–Trinajstić information content (AvgIpc) is 2.17. The van der Waals surface area contributed by atoms with E-state index in [0.717, 1.165) is 18.4 Å². The van der Waals surface area contributed by atoms with Crippen LogP contribution in [-0.4, -0.2) is 5.38 Å². The van der Waals surface area contributed by atoms with E-state index in [1.807, 2.05) is 13.0 Å². The molecule has 2 atom stereocenters. The van der Waals surface area contributed by atoms with Gasteiger partial charge in [-0.1, -0.05) is 12.5 Å². The molecule has 0 amide bonds. The number of hydrogen-bond donors (Lipinski definition) is 0. The molecule has 0 bridgehead atoms. The first-order valence-corrected chi connectivity index (χ1v) is 6.00. The Morgan fingerprint density at radius 2 is 2.13 bits per heavy atom. The van der Waals surface area contributed by atoms with Crippen LogP contribution in [0.5, 0.6) is 0 Å². The van der Waals surface area contributed by atoms with E-state index in [2.05, 4.69) is 0 Å². The van der Waals surface area contributed by atoms with Crippen molar-refractivity contribution in [1.29, 1.82) is 0 Å². The van der Waals surface area contributed by atoms with Gasteiger partial charge in [0.1, 0.15) is 5.82 Å². The Morgan fingerprint density at radius 3 is 2.80 bits per heavy atom. The van der Waals surface area contributed by atoms with Crippen molar-refractivity contribution in [2.45, 2.75) is 43.9 Å². The molecule has 1 aliphatic rings. The quantitative estimate of drug-likeness (QED) is 0.623. The zero-order valence-electron chi connectivity index (χ0n) is 8.97. The van der Waals surface area contributed by atoms with Gasteiger partial charge in [0.25, 0.3) is 0 Å².